The third-order valence-corrected chi connectivity index (χ3v) is 5.81. The molecule has 24 heavy (non-hydrogen) atoms. The Labute approximate surface area is 148 Å². The molecule has 3 nitrogen and oxygen atoms in total. The van der Waals surface area contributed by atoms with Crippen molar-refractivity contribution in [1.82, 2.24) is 5.32 Å². The summed E-state index contributed by atoms with van der Waals surface area (Å²) in [7, 11) is 0. The lowest BCUT2D eigenvalue weighted by Crippen LogP contribution is -2.35. The molecule has 0 saturated carbocycles. The van der Waals surface area contributed by atoms with Gasteiger partial charge in [-0.05, 0) is 50.3 Å². The van der Waals surface area contributed by atoms with Gasteiger partial charge in [0.25, 0.3) is 5.91 Å². The number of nitrogens with zero attached hydrogens (tertiary/aromatic N) is 1. The molecule has 1 amide bonds. The average molecular weight is 343 g/mol. The number of carbonyl (C=O) groups excluding carboxylic acids is 1. The average Bonchev–Trinajstić information content (AvgIpc) is 2.88. The van der Waals surface area contributed by atoms with E-state index in [1.54, 1.807) is 11.3 Å². The number of anilines is 1. The highest BCUT2D eigenvalue weighted by Gasteiger charge is 2.19. The van der Waals surface area contributed by atoms with Gasteiger partial charge in [-0.15, -0.1) is 11.3 Å². The van der Waals surface area contributed by atoms with Crippen molar-refractivity contribution >= 4 is 22.9 Å². The van der Waals surface area contributed by atoms with Crippen LogP contribution in [-0.2, 0) is 12.8 Å². The zero-order chi connectivity index (χ0) is 16.8. The zero-order valence-corrected chi connectivity index (χ0v) is 15.2. The van der Waals surface area contributed by atoms with Gasteiger partial charge >= 0.3 is 0 Å². The molecule has 2 aromatic rings. The maximum Gasteiger partial charge on any atom is 0.252 e. The van der Waals surface area contributed by atoms with Crippen molar-refractivity contribution in [3.63, 3.8) is 0 Å². The van der Waals surface area contributed by atoms with Crippen LogP contribution in [0.5, 0.6) is 0 Å². The van der Waals surface area contributed by atoms with Gasteiger partial charge < -0.3 is 10.2 Å². The third kappa shape index (κ3) is 3.99. The van der Waals surface area contributed by atoms with E-state index < -0.39 is 0 Å². The van der Waals surface area contributed by atoms with Gasteiger partial charge in [-0.2, -0.15) is 0 Å². The fourth-order valence-corrected chi connectivity index (χ4v) is 4.50. The van der Waals surface area contributed by atoms with Crippen molar-refractivity contribution in [2.45, 2.75) is 39.0 Å². The lowest BCUT2D eigenvalue weighted by molar-refractivity contribution is 0.0954. The van der Waals surface area contributed by atoms with E-state index in [9.17, 15) is 4.79 Å². The number of hydrogen-bond acceptors (Lipinski definition) is 3. The molecule has 4 heteroatoms. The van der Waals surface area contributed by atoms with E-state index in [4.69, 9.17) is 0 Å². The smallest absolute Gasteiger partial charge is 0.252 e. The number of para-hydroxylation sites is 1. The molecule has 1 aliphatic carbocycles. The molecular weight excluding hydrogens is 316 g/mol. The summed E-state index contributed by atoms with van der Waals surface area (Å²) in [6.45, 7) is 4.59. The minimum absolute atomic E-state index is 0.0958. The number of carbonyl (C=O) groups is 1. The van der Waals surface area contributed by atoms with Crippen LogP contribution in [0.2, 0.25) is 0 Å². The zero-order valence-electron chi connectivity index (χ0n) is 14.4. The van der Waals surface area contributed by atoms with Crippen LogP contribution in [0.3, 0.4) is 0 Å². The molecule has 0 bridgehead atoms. The topological polar surface area (TPSA) is 32.3 Å². The molecule has 0 radical (unpaired) electrons. The summed E-state index contributed by atoms with van der Waals surface area (Å²) in [6.07, 6.45) is 5.96. The summed E-state index contributed by atoms with van der Waals surface area (Å²) in [4.78, 5) is 16.3. The van der Waals surface area contributed by atoms with Crippen LogP contribution in [0.25, 0.3) is 0 Å². The number of rotatable bonds is 6. The van der Waals surface area contributed by atoms with Crippen molar-refractivity contribution in [2.24, 2.45) is 0 Å². The number of aryl methyl sites for hydroxylation is 1. The first kappa shape index (κ1) is 17.0. The summed E-state index contributed by atoms with van der Waals surface area (Å²) >= 11 is 1.76. The number of nitrogens with one attached hydrogen (secondary N) is 1. The van der Waals surface area contributed by atoms with Crippen LogP contribution in [0, 0.1) is 0 Å². The van der Waals surface area contributed by atoms with Crippen molar-refractivity contribution in [1.29, 1.82) is 0 Å². The first-order valence-corrected chi connectivity index (χ1v) is 9.85. The third-order valence-electron chi connectivity index (χ3n) is 4.73. The van der Waals surface area contributed by atoms with Crippen LogP contribution in [0.15, 0.2) is 35.7 Å². The van der Waals surface area contributed by atoms with Crippen LogP contribution < -0.4 is 10.2 Å². The van der Waals surface area contributed by atoms with E-state index in [0.717, 1.165) is 31.5 Å². The minimum Gasteiger partial charge on any atom is -0.370 e. The highest BCUT2D eigenvalue weighted by atomic mass is 32.1. The molecule has 0 fully saturated rings. The summed E-state index contributed by atoms with van der Waals surface area (Å²) in [5, 5.41) is 5.17. The molecular formula is C20H26N2OS. The van der Waals surface area contributed by atoms with E-state index in [2.05, 4.69) is 46.8 Å². The monoisotopic (exact) mass is 342 g/mol. The van der Waals surface area contributed by atoms with Gasteiger partial charge in [0.15, 0.2) is 0 Å². The van der Waals surface area contributed by atoms with E-state index in [0.29, 0.717) is 6.54 Å². The molecule has 0 spiro atoms. The first-order chi connectivity index (χ1) is 11.8. The van der Waals surface area contributed by atoms with Gasteiger partial charge in [0.2, 0.25) is 0 Å². The lowest BCUT2D eigenvalue weighted by atomic mass is 10.1. The predicted molar refractivity (Wildman–Crippen MR) is 102 cm³/mol. The Kier molecular flexibility index (Phi) is 5.91. The molecule has 3 rings (SSSR count). The van der Waals surface area contributed by atoms with Crippen molar-refractivity contribution in [3.05, 3.63) is 51.7 Å². The number of likely N-dealkylation sites (N-methyl/N-ethyl adjacent to an activating group) is 1. The minimum atomic E-state index is 0.0958. The van der Waals surface area contributed by atoms with Gasteiger partial charge in [0.1, 0.15) is 0 Å². The van der Waals surface area contributed by atoms with Gasteiger partial charge in [-0.1, -0.05) is 24.6 Å². The summed E-state index contributed by atoms with van der Waals surface area (Å²) in [6, 6.07) is 10.4. The molecule has 0 unspecified atom stereocenters. The molecule has 0 atom stereocenters. The van der Waals surface area contributed by atoms with E-state index in [-0.39, 0.29) is 5.91 Å². The summed E-state index contributed by atoms with van der Waals surface area (Å²) in [5.41, 5.74) is 3.43. The Hall–Kier alpha value is -1.81. The second kappa shape index (κ2) is 8.34. The van der Waals surface area contributed by atoms with Crippen molar-refractivity contribution < 1.29 is 4.79 Å². The van der Waals surface area contributed by atoms with Gasteiger partial charge in [-0.25, -0.2) is 0 Å². The first-order valence-electron chi connectivity index (χ1n) is 8.97. The Morgan fingerprint density at radius 3 is 2.75 bits per heavy atom. The van der Waals surface area contributed by atoms with Crippen LogP contribution in [0.1, 0.15) is 47.0 Å². The highest BCUT2D eigenvalue weighted by Crippen LogP contribution is 2.29. The number of fused-ring (bicyclic) bond motifs is 1. The number of thiophene rings is 1. The standard InChI is InChI=1S/C20H26N2OS/c1-2-22(16-9-5-3-6-10-16)14-13-21-20(23)18-15-24-19-12-8-4-7-11-17(18)19/h3,5-6,9-10,15H,2,4,7-8,11-14H2,1H3,(H,21,23). The lowest BCUT2D eigenvalue weighted by Gasteiger charge is -2.23. The maximum absolute atomic E-state index is 12.6. The van der Waals surface area contributed by atoms with Gasteiger partial charge in [-0.3, -0.25) is 4.79 Å². The molecule has 0 saturated heterocycles. The Balaban J connectivity index is 1.57. The largest absolute Gasteiger partial charge is 0.370 e. The molecule has 128 valence electrons. The van der Waals surface area contributed by atoms with Crippen molar-refractivity contribution in [3.8, 4) is 0 Å². The SMILES string of the molecule is CCN(CCNC(=O)c1csc2c1CCCCC2)c1ccccc1. The molecule has 0 aliphatic heterocycles. The van der Waals surface area contributed by atoms with Crippen LogP contribution >= 0.6 is 11.3 Å². The quantitative estimate of drug-likeness (QED) is 0.795. The summed E-state index contributed by atoms with van der Waals surface area (Å²) in [5.74, 6) is 0.0958. The fraction of sp³-hybridized carbons (Fsp3) is 0.450. The Morgan fingerprint density at radius 2 is 1.96 bits per heavy atom. The Bertz CT molecular complexity index is 666. The van der Waals surface area contributed by atoms with Gasteiger partial charge in [0, 0.05) is 35.6 Å². The molecule has 1 aromatic carbocycles. The number of hydrogen-bond donors (Lipinski definition) is 1. The molecule has 1 N–H and O–H groups in total. The van der Waals surface area contributed by atoms with E-state index in [1.165, 1.54) is 35.4 Å². The van der Waals surface area contributed by atoms with Crippen LogP contribution in [-0.4, -0.2) is 25.5 Å². The Morgan fingerprint density at radius 1 is 1.17 bits per heavy atom. The van der Waals surface area contributed by atoms with Gasteiger partial charge in [0.05, 0.1) is 5.56 Å². The highest BCUT2D eigenvalue weighted by molar-refractivity contribution is 7.10. The predicted octanol–water partition coefficient (Wildman–Crippen LogP) is 4.27. The van der Waals surface area contributed by atoms with E-state index >= 15 is 0 Å². The molecule has 1 heterocycles. The normalized spacial score (nSPS) is 13.9. The van der Waals surface area contributed by atoms with Crippen molar-refractivity contribution in [2.75, 3.05) is 24.5 Å². The summed E-state index contributed by atoms with van der Waals surface area (Å²) < 4.78 is 0. The van der Waals surface area contributed by atoms with E-state index in [1.807, 2.05) is 6.07 Å². The number of amides is 1. The van der Waals surface area contributed by atoms with Crippen LogP contribution in [0.4, 0.5) is 5.69 Å². The fourth-order valence-electron chi connectivity index (χ4n) is 3.37. The maximum atomic E-state index is 12.6. The number of benzene rings is 1. The molecule has 1 aromatic heterocycles. The second-order valence-corrected chi connectivity index (χ2v) is 7.25. The second-order valence-electron chi connectivity index (χ2n) is 6.28. The molecule has 1 aliphatic rings.